The Labute approximate surface area is 77.6 Å². The molecule has 4 nitrogen and oxygen atoms in total. The topological polar surface area (TPSA) is 64.7 Å². The normalized spacial score (nSPS) is 13.1. The summed E-state index contributed by atoms with van der Waals surface area (Å²) in [5, 5.41) is 0. The van der Waals surface area contributed by atoms with Crippen LogP contribution in [0, 0.1) is 0 Å². The summed E-state index contributed by atoms with van der Waals surface area (Å²) in [6.07, 6.45) is 3.43. The monoisotopic (exact) mass is 198 g/mol. The molecule has 2 aromatic rings. The van der Waals surface area contributed by atoms with Crippen molar-refractivity contribution in [3.05, 3.63) is 29.0 Å². The molecule has 0 spiro atoms. The fraction of sp³-hybridized carbons (Fsp3) is 0.167. The first-order valence-corrected chi connectivity index (χ1v) is 4.82. The molecule has 1 unspecified atom stereocenters. The summed E-state index contributed by atoms with van der Waals surface area (Å²) in [7, 11) is 0. The van der Waals surface area contributed by atoms with E-state index >= 15 is 0 Å². The van der Waals surface area contributed by atoms with Crippen LogP contribution in [0.2, 0.25) is 0 Å². The fourth-order valence-corrected chi connectivity index (χ4v) is 1.90. The number of rotatable bonds is 2. The van der Waals surface area contributed by atoms with Crippen LogP contribution in [-0.2, 0) is 0 Å². The molecule has 2 heterocycles. The number of hydrogen-bond acceptors (Lipinski definition) is 6. The van der Waals surface area contributed by atoms with Crippen LogP contribution in [0.25, 0.3) is 0 Å². The molecular weight excluding hydrogens is 192 g/mol. The minimum Gasteiger partial charge on any atom is -0.318 e. The van der Waals surface area contributed by atoms with E-state index in [-0.39, 0.29) is 6.04 Å². The maximum absolute atomic E-state index is 5.88. The molecule has 2 aromatic heterocycles. The van der Waals surface area contributed by atoms with E-state index in [0.29, 0.717) is 0 Å². The molecule has 2 rings (SSSR count). The minimum absolute atomic E-state index is 0.170. The molecule has 0 aliphatic rings. The molecule has 1 atom stereocenters. The Bertz CT molecular complexity index is 294. The summed E-state index contributed by atoms with van der Waals surface area (Å²) in [5.41, 5.74) is 6.69. The Morgan fingerprint density at radius 3 is 2.92 bits per heavy atom. The Hall–Kier alpha value is -0.850. The van der Waals surface area contributed by atoms with Crippen molar-refractivity contribution >= 4 is 23.3 Å². The summed E-state index contributed by atoms with van der Waals surface area (Å²) in [4.78, 5) is 1.02. The number of hydrogen-bond donors (Lipinski definition) is 1. The highest BCUT2D eigenvalue weighted by molar-refractivity contribution is 7.05. The maximum Gasteiger partial charge on any atom is 0.0964 e. The average Bonchev–Trinajstić information content (AvgIpc) is 2.77. The van der Waals surface area contributed by atoms with Gasteiger partial charge >= 0.3 is 0 Å². The van der Waals surface area contributed by atoms with Gasteiger partial charge in [0.2, 0.25) is 0 Å². The first-order chi connectivity index (χ1) is 5.88. The molecule has 0 saturated carbocycles. The van der Waals surface area contributed by atoms with Crippen molar-refractivity contribution < 1.29 is 0 Å². The number of nitrogens with two attached hydrogens (primary N) is 1. The van der Waals surface area contributed by atoms with Crippen LogP contribution in [0.1, 0.15) is 16.6 Å². The van der Waals surface area contributed by atoms with Gasteiger partial charge in [0.05, 0.1) is 29.7 Å². The predicted octanol–water partition coefficient (Wildman–Crippen LogP) is 1.04. The standard InChI is InChI=1S/C6H6N4S2/c7-6(4-3-9-12-10-4)5-1-2-8-11-5/h1-3,6H,7H2. The van der Waals surface area contributed by atoms with E-state index in [1.54, 1.807) is 12.4 Å². The fourth-order valence-electron chi connectivity index (χ4n) is 0.841. The highest BCUT2D eigenvalue weighted by Crippen LogP contribution is 2.20. The molecule has 0 aromatic carbocycles. The highest BCUT2D eigenvalue weighted by Gasteiger charge is 2.12. The largest absolute Gasteiger partial charge is 0.318 e. The molecule has 0 amide bonds. The third-order valence-corrected chi connectivity index (χ3v) is 2.78. The zero-order valence-corrected chi connectivity index (χ0v) is 7.68. The summed E-state index contributed by atoms with van der Waals surface area (Å²) < 4.78 is 11.9. The van der Waals surface area contributed by atoms with Gasteiger partial charge in [-0.05, 0) is 17.6 Å². The zero-order chi connectivity index (χ0) is 8.39. The van der Waals surface area contributed by atoms with Gasteiger partial charge in [0.1, 0.15) is 0 Å². The van der Waals surface area contributed by atoms with Crippen molar-refractivity contribution in [1.82, 2.24) is 13.1 Å². The van der Waals surface area contributed by atoms with Crippen LogP contribution >= 0.6 is 23.3 Å². The molecule has 0 radical (unpaired) electrons. The molecule has 0 bridgehead atoms. The lowest BCUT2D eigenvalue weighted by atomic mass is 10.2. The number of aromatic nitrogens is 3. The molecule has 12 heavy (non-hydrogen) atoms. The van der Waals surface area contributed by atoms with Crippen LogP contribution in [0.3, 0.4) is 0 Å². The van der Waals surface area contributed by atoms with Crippen molar-refractivity contribution in [3.8, 4) is 0 Å². The van der Waals surface area contributed by atoms with Gasteiger partial charge in [-0.3, -0.25) is 0 Å². The van der Waals surface area contributed by atoms with Gasteiger partial charge in [0.25, 0.3) is 0 Å². The SMILES string of the molecule is NC(c1cnsn1)c1ccns1. The third-order valence-electron chi connectivity index (χ3n) is 1.46. The lowest BCUT2D eigenvalue weighted by Gasteiger charge is -2.02. The predicted molar refractivity (Wildman–Crippen MR) is 48.1 cm³/mol. The Morgan fingerprint density at radius 2 is 2.33 bits per heavy atom. The molecule has 0 aliphatic carbocycles. The summed E-state index contributed by atoms with van der Waals surface area (Å²) in [6.45, 7) is 0. The van der Waals surface area contributed by atoms with E-state index in [1.807, 2.05) is 6.07 Å². The summed E-state index contributed by atoms with van der Waals surface area (Å²) >= 11 is 2.56. The first kappa shape index (κ1) is 7.78. The van der Waals surface area contributed by atoms with Crippen molar-refractivity contribution in [3.63, 3.8) is 0 Å². The molecule has 62 valence electrons. The summed E-state index contributed by atoms with van der Waals surface area (Å²) in [5.74, 6) is 0. The van der Waals surface area contributed by atoms with Gasteiger partial charge in [-0.2, -0.15) is 8.75 Å². The van der Waals surface area contributed by atoms with E-state index in [1.165, 1.54) is 23.3 Å². The van der Waals surface area contributed by atoms with E-state index in [9.17, 15) is 0 Å². The van der Waals surface area contributed by atoms with Crippen molar-refractivity contribution in [1.29, 1.82) is 0 Å². The van der Waals surface area contributed by atoms with E-state index in [0.717, 1.165) is 10.6 Å². The lowest BCUT2D eigenvalue weighted by Crippen LogP contribution is -2.10. The molecule has 0 fully saturated rings. The number of nitrogens with zero attached hydrogens (tertiary/aromatic N) is 3. The quantitative estimate of drug-likeness (QED) is 0.783. The second-order valence-corrected chi connectivity index (χ2v) is 3.65. The van der Waals surface area contributed by atoms with Gasteiger partial charge < -0.3 is 5.73 Å². The molecule has 0 saturated heterocycles. The molecular formula is C6H6N4S2. The summed E-state index contributed by atoms with van der Waals surface area (Å²) in [6, 6.07) is 1.73. The van der Waals surface area contributed by atoms with Gasteiger partial charge in [-0.25, -0.2) is 4.37 Å². The molecule has 2 N–H and O–H groups in total. The average molecular weight is 198 g/mol. The van der Waals surface area contributed by atoms with Crippen molar-refractivity contribution in [2.24, 2.45) is 5.73 Å². The Balaban J connectivity index is 2.27. The lowest BCUT2D eigenvalue weighted by molar-refractivity contribution is 0.863. The van der Waals surface area contributed by atoms with Crippen LogP contribution < -0.4 is 5.73 Å². The van der Waals surface area contributed by atoms with Crippen molar-refractivity contribution in [2.75, 3.05) is 0 Å². The van der Waals surface area contributed by atoms with Gasteiger partial charge in [-0.15, -0.1) is 0 Å². The van der Waals surface area contributed by atoms with Crippen LogP contribution in [0.15, 0.2) is 18.5 Å². The third kappa shape index (κ3) is 1.36. The smallest absolute Gasteiger partial charge is 0.0964 e. The van der Waals surface area contributed by atoms with Crippen LogP contribution in [0.5, 0.6) is 0 Å². The zero-order valence-electron chi connectivity index (χ0n) is 6.04. The maximum atomic E-state index is 5.88. The minimum atomic E-state index is -0.170. The Morgan fingerprint density at radius 1 is 1.42 bits per heavy atom. The molecule has 6 heteroatoms. The van der Waals surface area contributed by atoms with Crippen LogP contribution in [-0.4, -0.2) is 13.1 Å². The van der Waals surface area contributed by atoms with E-state index in [4.69, 9.17) is 5.73 Å². The second-order valence-electron chi connectivity index (χ2n) is 2.22. The highest BCUT2D eigenvalue weighted by atomic mass is 32.1. The second kappa shape index (κ2) is 3.26. The van der Waals surface area contributed by atoms with E-state index in [2.05, 4.69) is 13.1 Å². The Kier molecular flexibility index (Phi) is 2.11. The van der Waals surface area contributed by atoms with Gasteiger partial charge in [0, 0.05) is 11.1 Å². The molecule has 0 aliphatic heterocycles. The van der Waals surface area contributed by atoms with Gasteiger partial charge in [-0.1, -0.05) is 0 Å². The van der Waals surface area contributed by atoms with Gasteiger partial charge in [0.15, 0.2) is 0 Å². The first-order valence-electron chi connectivity index (χ1n) is 3.31. The van der Waals surface area contributed by atoms with Crippen LogP contribution in [0.4, 0.5) is 0 Å². The van der Waals surface area contributed by atoms with Crippen molar-refractivity contribution in [2.45, 2.75) is 6.04 Å². The van der Waals surface area contributed by atoms with E-state index < -0.39 is 0 Å².